The lowest BCUT2D eigenvalue weighted by Gasteiger charge is -2.08. The maximum atomic E-state index is 9.75. The lowest BCUT2D eigenvalue weighted by Crippen LogP contribution is -2.07. The van der Waals surface area contributed by atoms with Crippen LogP contribution in [0.2, 0.25) is 0 Å². The summed E-state index contributed by atoms with van der Waals surface area (Å²) < 4.78 is 49.2. The van der Waals surface area contributed by atoms with E-state index in [9.17, 15) is 17.3 Å². The molecule has 0 fully saturated rings. The van der Waals surface area contributed by atoms with Gasteiger partial charge >= 0.3 is 7.25 Å². The van der Waals surface area contributed by atoms with Gasteiger partial charge in [0.2, 0.25) is 0 Å². The van der Waals surface area contributed by atoms with E-state index in [2.05, 4.69) is 0 Å². The predicted molar refractivity (Wildman–Crippen MR) is 66.2 cm³/mol. The SMILES string of the molecule is CCOC(=N)Cc1ccccc1OC.F[B-](F)(F)F. The van der Waals surface area contributed by atoms with Crippen LogP contribution in [0.1, 0.15) is 12.5 Å². The van der Waals surface area contributed by atoms with Crippen molar-refractivity contribution in [1.82, 2.24) is 0 Å². The van der Waals surface area contributed by atoms with Crippen LogP contribution in [-0.4, -0.2) is 26.9 Å². The van der Waals surface area contributed by atoms with Gasteiger partial charge in [-0.05, 0) is 13.0 Å². The average Bonchev–Trinajstić information content (AvgIpc) is 2.28. The first-order valence-electron chi connectivity index (χ1n) is 5.47. The molecule has 8 heteroatoms. The minimum atomic E-state index is -6.00. The van der Waals surface area contributed by atoms with Crippen molar-refractivity contribution >= 4 is 13.2 Å². The summed E-state index contributed by atoms with van der Waals surface area (Å²) in [5.74, 6) is 1.08. The Morgan fingerprint density at radius 3 is 2.21 bits per heavy atom. The molecule has 0 saturated carbocycles. The van der Waals surface area contributed by atoms with Crippen LogP contribution in [0.3, 0.4) is 0 Å². The summed E-state index contributed by atoms with van der Waals surface area (Å²) in [5.41, 5.74) is 0.980. The minimum absolute atomic E-state index is 0.275. The Kier molecular flexibility index (Phi) is 7.63. The number of hydrogen-bond donors (Lipinski definition) is 1. The van der Waals surface area contributed by atoms with E-state index in [1.165, 1.54) is 0 Å². The third-order valence-electron chi connectivity index (χ3n) is 1.86. The molecule has 0 bridgehead atoms. The zero-order valence-corrected chi connectivity index (χ0v) is 10.6. The Labute approximate surface area is 109 Å². The summed E-state index contributed by atoms with van der Waals surface area (Å²) >= 11 is 0. The van der Waals surface area contributed by atoms with E-state index in [0.29, 0.717) is 13.0 Å². The highest BCUT2D eigenvalue weighted by atomic mass is 19.5. The number of nitrogens with one attached hydrogen (secondary N) is 1. The Morgan fingerprint density at radius 1 is 1.21 bits per heavy atom. The molecule has 0 saturated heterocycles. The highest BCUT2D eigenvalue weighted by Crippen LogP contribution is 2.17. The number of benzene rings is 1. The molecule has 0 aromatic heterocycles. The van der Waals surface area contributed by atoms with E-state index in [0.717, 1.165) is 11.3 Å². The molecule has 0 radical (unpaired) electrons. The van der Waals surface area contributed by atoms with E-state index >= 15 is 0 Å². The number of para-hydroxylation sites is 1. The molecule has 0 heterocycles. The number of rotatable bonds is 4. The fraction of sp³-hybridized carbons (Fsp3) is 0.364. The minimum Gasteiger partial charge on any atom is -0.496 e. The fourth-order valence-electron chi connectivity index (χ4n) is 1.25. The van der Waals surface area contributed by atoms with E-state index in [1.807, 2.05) is 31.2 Å². The maximum absolute atomic E-state index is 9.75. The molecule has 1 rings (SSSR count). The normalized spacial score (nSPS) is 10.2. The largest absolute Gasteiger partial charge is 0.673 e. The molecule has 108 valence electrons. The van der Waals surface area contributed by atoms with Gasteiger partial charge in [-0.15, -0.1) is 0 Å². The first kappa shape index (κ1) is 17.3. The summed E-state index contributed by atoms with van der Waals surface area (Å²) in [7, 11) is -4.37. The topological polar surface area (TPSA) is 42.3 Å². The van der Waals surface area contributed by atoms with Crippen molar-refractivity contribution in [1.29, 1.82) is 5.41 Å². The molecular formula is C11H15BF4NO2-. The van der Waals surface area contributed by atoms with Gasteiger partial charge in [-0.3, -0.25) is 5.41 Å². The Balaban J connectivity index is 0.000000555. The number of hydrogen-bond acceptors (Lipinski definition) is 3. The Morgan fingerprint density at radius 2 is 1.74 bits per heavy atom. The molecule has 1 N–H and O–H groups in total. The zero-order chi connectivity index (χ0) is 14.9. The molecule has 0 unspecified atom stereocenters. The number of methoxy groups -OCH3 is 1. The van der Waals surface area contributed by atoms with Crippen molar-refractivity contribution in [3.63, 3.8) is 0 Å². The van der Waals surface area contributed by atoms with Crippen molar-refractivity contribution in [2.75, 3.05) is 13.7 Å². The van der Waals surface area contributed by atoms with Gasteiger partial charge in [0.05, 0.1) is 20.1 Å². The van der Waals surface area contributed by atoms with E-state index in [-0.39, 0.29) is 5.90 Å². The van der Waals surface area contributed by atoms with E-state index < -0.39 is 7.25 Å². The van der Waals surface area contributed by atoms with E-state index in [1.54, 1.807) is 7.11 Å². The van der Waals surface area contributed by atoms with Gasteiger partial charge in [0.1, 0.15) is 5.75 Å². The zero-order valence-electron chi connectivity index (χ0n) is 10.6. The van der Waals surface area contributed by atoms with Crippen molar-refractivity contribution in [3.8, 4) is 5.75 Å². The second-order valence-corrected chi connectivity index (χ2v) is 3.34. The predicted octanol–water partition coefficient (Wildman–Crippen LogP) is 3.55. The third-order valence-corrected chi connectivity index (χ3v) is 1.86. The molecular weight excluding hydrogens is 265 g/mol. The second-order valence-electron chi connectivity index (χ2n) is 3.34. The average molecular weight is 280 g/mol. The lowest BCUT2D eigenvalue weighted by molar-refractivity contribution is 0.316. The maximum Gasteiger partial charge on any atom is 0.673 e. The summed E-state index contributed by atoms with van der Waals surface area (Å²) in [5, 5.41) is 7.52. The fourth-order valence-corrected chi connectivity index (χ4v) is 1.25. The highest BCUT2D eigenvalue weighted by Gasteiger charge is 2.20. The Hall–Kier alpha value is -1.73. The summed E-state index contributed by atoms with van der Waals surface area (Å²) in [4.78, 5) is 0. The van der Waals surface area contributed by atoms with Gasteiger partial charge in [0.25, 0.3) is 0 Å². The highest BCUT2D eigenvalue weighted by molar-refractivity contribution is 6.50. The van der Waals surface area contributed by atoms with Crippen LogP contribution in [0, 0.1) is 5.41 Å². The molecule has 0 aliphatic carbocycles. The molecule has 0 amide bonds. The van der Waals surface area contributed by atoms with Gasteiger partial charge < -0.3 is 26.7 Å². The van der Waals surface area contributed by atoms with E-state index in [4.69, 9.17) is 14.9 Å². The summed E-state index contributed by atoms with van der Waals surface area (Å²) in [6, 6.07) is 7.66. The first-order chi connectivity index (χ1) is 8.77. The Bertz CT molecular complexity index is 393. The van der Waals surface area contributed by atoms with Crippen molar-refractivity contribution in [3.05, 3.63) is 29.8 Å². The van der Waals surface area contributed by atoms with Crippen LogP contribution in [0.25, 0.3) is 0 Å². The molecule has 0 aliphatic heterocycles. The van der Waals surface area contributed by atoms with Gasteiger partial charge in [0, 0.05) is 5.56 Å². The molecule has 1 aromatic rings. The molecule has 19 heavy (non-hydrogen) atoms. The van der Waals surface area contributed by atoms with Crippen molar-refractivity contribution in [2.24, 2.45) is 0 Å². The number of ether oxygens (including phenoxy) is 2. The number of halogens is 4. The molecule has 0 spiro atoms. The monoisotopic (exact) mass is 280 g/mol. The summed E-state index contributed by atoms with van der Waals surface area (Å²) in [6.07, 6.45) is 0.484. The smallest absolute Gasteiger partial charge is 0.496 e. The van der Waals surface area contributed by atoms with Crippen LogP contribution in [0.5, 0.6) is 5.75 Å². The lowest BCUT2D eigenvalue weighted by atomic mass is 10.1. The van der Waals surface area contributed by atoms with Gasteiger partial charge in [-0.2, -0.15) is 0 Å². The third kappa shape index (κ3) is 9.93. The molecule has 3 nitrogen and oxygen atoms in total. The molecule has 1 aromatic carbocycles. The van der Waals surface area contributed by atoms with Gasteiger partial charge in [0.15, 0.2) is 5.90 Å². The van der Waals surface area contributed by atoms with Crippen LogP contribution >= 0.6 is 0 Å². The van der Waals surface area contributed by atoms with Gasteiger partial charge in [-0.1, -0.05) is 18.2 Å². The standard InChI is InChI=1S/C11H15NO2.BF4/c1-3-14-11(12)8-9-6-4-5-7-10(9)13-2;2-1(3,4)5/h4-7,12H,3,8H2,1-2H3;/q;-1. The van der Waals surface area contributed by atoms with Crippen LogP contribution in [0.15, 0.2) is 24.3 Å². The van der Waals surface area contributed by atoms with Crippen LogP contribution in [0.4, 0.5) is 17.3 Å². The van der Waals surface area contributed by atoms with Crippen LogP contribution < -0.4 is 4.74 Å². The molecule has 0 atom stereocenters. The molecule has 0 aliphatic rings. The quantitative estimate of drug-likeness (QED) is 0.396. The van der Waals surface area contributed by atoms with Crippen molar-refractivity contribution < 1.29 is 26.7 Å². The van der Waals surface area contributed by atoms with Crippen LogP contribution in [-0.2, 0) is 11.2 Å². The van der Waals surface area contributed by atoms with Gasteiger partial charge in [-0.25, -0.2) is 0 Å². The first-order valence-corrected chi connectivity index (χ1v) is 5.47. The second kappa shape index (κ2) is 8.39. The van der Waals surface area contributed by atoms with Crippen molar-refractivity contribution in [2.45, 2.75) is 13.3 Å². The summed E-state index contributed by atoms with van der Waals surface area (Å²) in [6.45, 7) is 2.41.